The summed E-state index contributed by atoms with van der Waals surface area (Å²) in [5.74, 6) is 0.829. The van der Waals surface area contributed by atoms with Crippen LogP contribution in [0.5, 0.6) is 5.75 Å². The monoisotopic (exact) mass is 294 g/mol. The van der Waals surface area contributed by atoms with E-state index >= 15 is 0 Å². The predicted molar refractivity (Wildman–Crippen MR) is 68.7 cm³/mol. The SMILES string of the molecule is Cc1c(Br)c(=O)oc2cc3c(cc12)CC(C)O3. The first-order valence-corrected chi connectivity index (χ1v) is 6.28. The van der Waals surface area contributed by atoms with Gasteiger partial charge in [-0.1, -0.05) is 0 Å². The molecule has 88 valence electrons. The minimum Gasteiger partial charge on any atom is -0.490 e. The van der Waals surface area contributed by atoms with Gasteiger partial charge in [0.15, 0.2) is 0 Å². The number of hydrogen-bond acceptors (Lipinski definition) is 3. The van der Waals surface area contributed by atoms with Crippen LogP contribution in [0.25, 0.3) is 11.0 Å². The first kappa shape index (κ1) is 10.8. The fraction of sp³-hybridized carbons (Fsp3) is 0.308. The van der Waals surface area contributed by atoms with Gasteiger partial charge < -0.3 is 9.15 Å². The molecule has 3 nitrogen and oxygen atoms in total. The Morgan fingerprint density at radius 2 is 2.18 bits per heavy atom. The molecule has 0 bridgehead atoms. The van der Waals surface area contributed by atoms with Crippen LogP contribution in [0.15, 0.2) is 25.8 Å². The highest BCUT2D eigenvalue weighted by Gasteiger charge is 2.21. The molecule has 0 amide bonds. The zero-order valence-corrected chi connectivity index (χ0v) is 11.1. The summed E-state index contributed by atoms with van der Waals surface area (Å²) in [7, 11) is 0. The molecule has 4 heteroatoms. The Labute approximate surface area is 107 Å². The second-order valence-corrected chi connectivity index (χ2v) is 5.21. The molecule has 1 aliphatic rings. The summed E-state index contributed by atoms with van der Waals surface area (Å²) in [6.07, 6.45) is 1.10. The molecular weight excluding hydrogens is 284 g/mol. The molecule has 1 aromatic carbocycles. The van der Waals surface area contributed by atoms with Gasteiger partial charge in [0.2, 0.25) is 0 Å². The van der Waals surface area contributed by atoms with Crippen LogP contribution in [0.4, 0.5) is 0 Å². The summed E-state index contributed by atoms with van der Waals surface area (Å²) in [6, 6.07) is 3.87. The van der Waals surface area contributed by atoms with Gasteiger partial charge in [-0.25, -0.2) is 4.79 Å². The molecular formula is C13H11BrO3. The topological polar surface area (TPSA) is 39.4 Å². The molecule has 3 rings (SSSR count). The molecule has 2 aromatic rings. The molecule has 0 aliphatic carbocycles. The van der Waals surface area contributed by atoms with E-state index in [2.05, 4.69) is 22.0 Å². The van der Waals surface area contributed by atoms with Crippen molar-refractivity contribution in [2.45, 2.75) is 26.4 Å². The van der Waals surface area contributed by atoms with E-state index in [4.69, 9.17) is 9.15 Å². The van der Waals surface area contributed by atoms with Crippen LogP contribution in [0.1, 0.15) is 18.1 Å². The minimum atomic E-state index is -0.346. The maximum atomic E-state index is 11.6. The van der Waals surface area contributed by atoms with E-state index in [1.54, 1.807) is 0 Å². The number of hydrogen-bond donors (Lipinski definition) is 0. The third-order valence-electron chi connectivity index (χ3n) is 3.11. The van der Waals surface area contributed by atoms with Crippen molar-refractivity contribution >= 4 is 26.9 Å². The summed E-state index contributed by atoms with van der Waals surface area (Å²) in [5, 5.41) is 0.966. The molecule has 2 heterocycles. The van der Waals surface area contributed by atoms with Crippen LogP contribution in [0, 0.1) is 6.92 Å². The quantitative estimate of drug-likeness (QED) is 0.701. The fourth-order valence-electron chi connectivity index (χ4n) is 2.24. The second-order valence-electron chi connectivity index (χ2n) is 4.42. The van der Waals surface area contributed by atoms with Gasteiger partial charge in [0.05, 0.1) is 0 Å². The van der Waals surface area contributed by atoms with Crippen LogP contribution in [-0.2, 0) is 6.42 Å². The summed E-state index contributed by atoms with van der Waals surface area (Å²) in [6.45, 7) is 3.94. The lowest BCUT2D eigenvalue weighted by Gasteiger charge is -2.05. The fourth-order valence-corrected chi connectivity index (χ4v) is 2.53. The molecule has 1 aliphatic heterocycles. The van der Waals surface area contributed by atoms with Crippen molar-refractivity contribution in [2.75, 3.05) is 0 Å². The second kappa shape index (κ2) is 3.60. The lowest BCUT2D eigenvalue weighted by Crippen LogP contribution is -2.05. The van der Waals surface area contributed by atoms with Crippen LogP contribution in [0.3, 0.4) is 0 Å². The van der Waals surface area contributed by atoms with Crippen molar-refractivity contribution in [3.8, 4) is 5.75 Å². The molecule has 1 atom stereocenters. The van der Waals surface area contributed by atoms with Crippen molar-refractivity contribution in [2.24, 2.45) is 0 Å². The molecule has 0 spiro atoms. The van der Waals surface area contributed by atoms with Crippen LogP contribution in [0.2, 0.25) is 0 Å². The maximum Gasteiger partial charge on any atom is 0.350 e. The Hall–Kier alpha value is -1.29. The minimum absolute atomic E-state index is 0.192. The van der Waals surface area contributed by atoms with Gasteiger partial charge >= 0.3 is 5.63 Å². The zero-order chi connectivity index (χ0) is 12.2. The summed E-state index contributed by atoms with van der Waals surface area (Å²) >= 11 is 3.26. The molecule has 0 fully saturated rings. The standard InChI is InChI=1S/C13H11BrO3/c1-6-3-8-4-9-7(2)12(14)13(15)17-11(9)5-10(8)16-6/h4-6H,3H2,1-2H3. The number of halogens is 1. The van der Waals surface area contributed by atoms with E-state index in [-0.39, 0.29) is 11.7 Å². The van der Waals surface area contributed by atoms with E-state index in [0.717, 1.165) is 23.1 Å². The molecule has 0 saturated heterocycles. The summed E-state index contributed by atoms with van der Waals surface area (Å²) in [5.41, 5.74) is 2.33. The number of rotatable bonds is 0. The van der Waals surface area contributed by atoms with Crippen molar-refractivity contribution in [1.82, 2.24) is 0 Å². The molecule has 0 radical (unpaired) electrons. The number of benzene rings is 1. The van der Waals surface area contributed by atoms with Crippen molar-refractivity contribution in [3.05, 3.63) is 38.2 Å². The van der Waals surface area contributed by atoms with E-state index in [1.165, 1.54) is 5.56 Å². The largest absolute Gasteiger partial charge is 0.490 e. The summed E-state index contributed by atoms with van der Waals surface area (Å²) < 4.78 is 11.4. The Balaban J connectivity index is 2.37. The highest BCUT2D eigenvalue weighted by molar-refractivity contribution is 9.10. The van der Waals surface area contributed by atoms with E-state index in [1.807, 2.05) is 19.9 Å². The zero-order valence-electron chi connectivity index (χ0n) is 9.54. The average molecular weight is 295 g/mol. The average Bonchev–Trinajstić information content (AvgIpc) is 2.63. The van der Waals surface area contributed by atoms with E-state index < -0.39 is 0 Å². The van der Waals surface area contributed by atoms with Gasteiger partial charge in [-0.05, 0) is 47.0 Å². The van der Waals surface area contributed by atoms with Crippen molar-refractivity contribution in [3.63, 3.8) is 0 Å². The van der Waals surface area contributed by atoms with Gasteiger partial charge in [-0.3, -0.25) is 0 Å². The molecule has 0 saturated carbocycles. The Morgan fingerprint density at radius 3 is 2.94 bits per heavy atom. The van der Waals surface area contributed by atoms with E-state index in [0.29, 0.717) is 10.1 Å². The lowest BCUT2D eigenvalue weighted by atomic mass is 10.1. The van der Waals surface area contributed by atoms with Crippen LogP contribution >= 0.6 is 15.9 Å². The van der Waals surface area contributed by atoms with Crippen molar-refractivity contribution in [1.29, 1.82) is 0 Å². The van der Waals surface area contributed by atoms with Gasteiger partial charge in [0, 0.05) is 17.9 Å². The molecule has 1 unspecified atom stereocenters. The van der Waals surface area contributed by atoms with Gasteiger partial charge in [0.1, 0.15) is 21.9 Å². The van der Waals surface area contributed by atoms with E-state index in [9.17, 15) is 4.79 Å². The maximum absolute atomic E-state index is 11.6. The Morgan fingerprint density at radius 1 is 1.41 bits per heavy atom. The van der Waals surface area contributed by atoms with Crippen LogP contribution < -0.4 is 10.4 Å². The lowest BCUT2D eigenvalue weighted by molar-refractivity contribution is 0.254. The number of aryl methyl sites for hydroxylation is 1. The normalized spacial score (nSPS) is 18.2. The van der Waals surface area contributed by atoms with Gasteiger partial charge in [-0.15, -0.1) is 0 Å². The van der Waals surface area contributed by atoms with Crippen LogP contribution in [-0.4, -0.2) is 6.10 Å². The Kier molecular flexibility index (Phi) is 2.30. The third kappa shape index (κ3) is 1.59. The summed E-state index contributed by atoms with van der Waals surface area (Å²) in [4.78, 5) is 11.6. The highest BCUT2D eigenvalue weighted by atomic mass is 79.9. The van der Waals surface area contributed by atoms with Gasteiger partial charge in [-0.2, -0.15) is 0 Å². The number of fused-ring (bicyclic) bond motifs is 2. The predicted octanol–water partition coefficient (Wildman–Crippen LogP) is 3.19. The highest BCUT2D eigenvalue weighted by Crippen LogP contribution is 2.34. The smallest absolute Gasteiger partial charge is 0.350 e. The molecule has 0 N–H and O–H groups in total. The van der Waals surface area contributed by atoms with Crippen molar-refractivity contribution < 1.29 is 9.15 Å². The Bertz CT molecular complexity index is 672. The molecule has 17 heavy (non-hydrogen) atoms. The molecule has 1 aromatic heterocycles. The van der Waals surface area contributed by atoms with Gasteiger partial charge in [0.25, 0.3) is 0 Å². The third-order valence-corrected chi connectivity index (χ3v) is 4.03. The number of ether oxygens (including phenoxy) is 1. The first-order chi connectivity index (χ1) is 8.06. The first-order valence-electron chi connectivity index (χ1n) is 5.49.